The number of likely N-dealkylation sites (N-methyl/N-ethyl adjacent to an activating group) is 2. The molecule has 0 aliphatic heterocycles. The molecule has 3 amide bonds. The maximum atomic E-state index is 13.6. The van der Waals surface area contributed by atoms with Crippen LogP contribution in [-0.2, 0) is 20.8 Å². The lowest BCUT2D eigenvalue weighted by molar-refractivity contribution is -0.136. The van der Waals surface area contributed by atoms with E-state index in [1.165, 1.54) is 0 Å². The topological polar surface area (TPSA) is 131 Å². The third kappa shape index (κ3) is 11.9. The van der Waals surface area contributed by atoms with E-state index in [4.69, 9.17) is 12.8 Å². The van der Waals surface area contributed by atoms with Gasteiger partial charge >= 0.3 is 0 Å². The Morgan fingerprint density at radius 3 is 2.29 bits per heavy atom. The maximum absolute atomic E-state index is 13.6. The summed E-state index contributed by atoms with van der Waals surface area (Å²) >= 11 is 0. The van der Waals surface area contributed by atoms with Crippen molar-refractivity contribution in [2.24, 2.45) is 11.8 Å². The molecular weight excluding hydrogens is 532 g/mol. The first kappa shape index (κ1) is 34.8. The van der Waals surface area contributed by atoms with Crippen LogP contribution in [-0.4, -0.2) is 84.3 Å². The first-order chi connectivity index (χ1) is 20.2. The smallest absolute Gasteiger partial charge is 0.243 e. The molecule has 0 spiro atoms. The predicted octanol–water partition coefficient (Wildman–Crippen LogP) is 1.62. The van der Waals surface area contributed by atoms with Crippen molar-refractivity contribution in [2.75, 3.05) is 27.2 Å². The second-order valence-corrected chi connectivity index (χ2v) is 11.3. The number of terminal acetylenes is 2. The molecule has 0 aromatic heterocycles. The Hall–Kier alpha value is -3.37. The summed E-state index contributed by atoms with van der Waals surface area (Å²) in [5.41, 5.74) is 0.888. The Kier molecular flexibility index (Phi) is 15.7. The highest BCUT2D eigenvalue weighted by molar-refractivity contribution is 5.91. The molecule has 42 heavy (non-hydrogen) atoms. The van der Waals surface area contributed by atoms with E-state index in [1.807, 2.05) is 30.3 Å². The number of hydrogen-bond donors (Lipinski definition) is 5. The third-order valence-corrected chi connectivity index (χ3v) is 7.97. The van der Waals surface area contributed by atoms with E-state index >= 15 is 0 Å². The normalized spacial score (nSPS) is 17.0. The second-order valence-electron chi connectivity index (χ2n) is 11.3. The summed E-state index contributed by atoms with van der Waals surface area (Å²) in [4.78, 5) is 41.6. The number of nitrogens with one attached hydrogen (secondary N) is 3. The lowest BCUT2D eigenvalue weighted by atomic mass is 9.82. The van der Waals surface area contributed by atoms with Crippen LogP contribution in [0.15, 0.2) is 30.3 Å². The second kappa shape index (κ2) is 18.9. The van der Waals surface area contributed by atoms with Gasteiger partial charge in [0.15, 0.2) is 0 Å². The minimum atomic E-state index is -1.27. The quantitative estimate of drug-likeness (QED) is 0.178. The summed E-state index contributed by atoms with van der Waals surface area (Å²) < 4.78 is 0. The molecule has 2 rings (SSSR count). The SMILES string of the molecule is C#CC[C@H](NC(=O)[C@@H](CC(=O)N(C)CCNC)Cc1ccccc1)C(=O)N[C@@H](CC1CCCCC1)[C@@H](O)[C@@H](O)CC#C. The summed E-state index contributed by atoms with van der Waals surface area (Å²) in [6, 6.07) is 7.55. The zero-order valence-corrected chi connectivity index (χ0v) is 25.1. The maximum Gasteiger partial charge on any atom is 0.243 e. The first-order valence-electron chi connectivity index (χ1n) is 15.0. The molecule has 0 heterocycles. The Bertz CT molecular complexity index is 1060. The van der Waals surface area contributed by atoms with Crippen LogP contribution in [0.25, 0.3) is 0 Å². The van der Waals surface area contributed by atoms with Gasteiger partial charge < -0.3 is 31.1 Å². The van der Waals surface area contributed by atoms with Gasteiger partial charge in [0.25, 0.3) is 0 Å². The molecular formula is C33H48N4O5. The zero-order valence-electron chi connectivity index (χ0n) is 25.1. The van der Waals surface area contributed by atoms with E-state index in [9.17, 15) is 24.6 Å². The molecule has 0 bridgehead atoms. The molecule has 5 atom stereocenters. The van der Waals surface area contributed by atoms with E-state index in [2.05, 4.69) is 27.8 Å². The molecule has 1 saturated carbocycles. The molecule has 1 aliphatic carbocycles. The van der Waals surface area contributed by atoms with E-state index in [-0.39, 0.29) is 25.2 Å². The largest absolute Gasteiger partial charge is 0.389 e. The lowest BCUT2D eigenvalue weighted by Crippen LogP contribution is -2.55. The van der Waals surface area contributed by atoms with E-state index in [1.54, 1.807) is 19.0 Å². The van der Waals surface area contributed by atoms with Crippen molar-refractivity contribution in [3.05, 3.63) is 35.9 Å². The summed E-state index contributed by atoms with van der Waals surface area (Å²) in [5, 5.41) is 30.0. The number of aliphatic hydroxyl groups is 2. The average Bonchev–Trinajstić information content (AvgIpc) is 2.99. The van der Waals surface area contributed by atoms with Crippen molar-refractivity contribution >= 4 is 17.7 Å². The van der Waals surface area contributed by atoms with E-state index in [0.29, 0.717) is 31.8 Å². The standard InChI is InChI=1S/C33H48N4O5/c1-5-13-27(33(42)36-28(31(40)29(38)14-6-2)22-25-17-11-8-12-18-25)35-32(41)26(21-24-15-9-7-10-16-24)23-30(39)37(4)20-19-34-3/h1-2,7,9-10,15-16,25-29,31,34,38,40H,8,11-14,17-23H2,3-4H3,(H,35,41)(H,36,42)/t26-,27+,28+,29+,31-/m1/s1. The van der Waals surface area contributed by atoms with Crippen LogP contribution in [0.3, 0.4) is 0 Å². The van der Waals surface area contributed by atoms with Crippen LogP contribution >= 0.6 is 0 Å². The van der Waals surface area contributed by atoms with Gasteiger partial charge in [-0.25, -0.2) is 0 Å². The van der Waals surface area contributed by atoms with Gasteiger partial charge in [0, 0.05) is 39.4 Å². The fourth-order valence-electron chi connectivity index (χ4n) is 5.40. The van der Waals surface area contributed by atoms with Crippen molar-refractivity contribution in [1.29, 1.82) is 0 Å². The number of carbonyl (C=O) groups excluding carboxylic acids is 3. The molecule has 0 radical (unpaired) electrons. The highest BCUT2D eigenvalue weighted by Gasteiger charge is 2.33. The minimum absolute atomic E-state index is 0.0351. The van der Waals surface area contributed by atoms with Gasteiger partial charge in [-0.1, -0.05) is 62.4 Å². The molecule has 1 aromatic carbocycles. The molecule has 9 heteroatoms. The summed E-state index contributed by atoms with van der Waals surface area (Å²) in [6.07, 6.45) is 14.3. The Labute approximate surface area is 251 Å². The van der Waals surface area contributed by atoms with Crippen LogP contribution < -0.4 is 16.0 Å². The summed E-state index contributed by atoms with van der Waals surface area (Å²) in [6.45, 7) is 1.11. The highest BCUT2D eigenvalue weighted by Crippen LogP contribution is 2.28. The molecule has 0 unspecified atom stereocenters. The monoisotopic (exact) mass is 580 g/mol. The van der Waals surface area contributed by atoms with Crippen molar-refractivity contribution in [2.45, 2.75) is 88.5 Å². The van der Waals surface area contributed by atoms with Gasteiger partial charge in [-0.05, 0) is 31.4 Å². The highest BCUT2D eigenvalue weighted by atomic mass is 16.3. The van der Waals surface area contributed by atoms with Crippen molar-refractivity contribution in [3.8, 4) is 24.7 Å². The van der Waals surface area contributed by atoms with Crippen LogP contribution in [0.5, 0.6) is 0 Å². The van der Waals surface area contributed by atoms with Crippen molar-refractivity contribution in [1.82, 2.24) is 20.9 Å². The van der Waals surface area contributed by atoms with Crippen LogP contribution in [0, 0.1) is 36.5 Å². The lowest BCUT2D eigenvalue weighted by Gasteiger charge is -2.33. The van der Waals surface area contributed by atoms with Crippen molar-refractivity contribution in [3.63, 3.8) is 0 Å². The molecule has 1 aromatic rings. The molecule has 9 nitrogen and oxygen atoms in total. The number of rotatable bonds is 17. The number of nitrogens with zero attached hydrogens (tertiary/aromatic N) is 1. The average molecular weight is 581 g/mol. The number of carbonyl (C=O) groups is 3. The predicted molar refractivity (Wildman–Crippen MR) is 164 cm³/mol. The third-order valence-electron chi connectivity index (χ3n) is 7.97. The van der Waals surface area contributed by atoms with Crippen LogP contribution in [0.1, 0.15) is 63.4 Å². The summed E-state index contributed by atoms with van der Waals surface area (Å²) in [5.74, 6) is 3.18. The van der Waals surface area contributed by atoms with Gasteiger partial charge in [-0.3, -0.25) is 14.4 Å². The molecule has 230 valence electrons. The van der Waals surface area contributed by atoms with Crippen LogP contribution in [0.4, 0.5) is 0 Å². The molecule has 0 saturated heterocycles. The number of amides is 3. The van der Waals surface area contributed by atoms with Gasteiger partial charge in [-0.15, -0.1) is 24.7 Å². The van der Waals surface area contributed by atoms with Gasteiger partial charge in [0.05, 0.1) is 18.1 Å². The molecule has 1 fully saturated rings. The number of hydrogen-bond acceptors (Lipinski definition) is 6. The van der Waals surface area contributed by atoms with Crippen LogP contribution in [0.2, 0.25) is 0 Å². The fraction of sp³-hybridized carbons (Fsp3) is 0.606. The molecule has 5 N–H and O–H groups in total. The Morgan fingerprint density at radius 1 is 1.00 bits per heavy atom. The van der Waals surface area contributed by atoms with Gasteiger partial charge in [-0.2, -0.15) is 0 Å². The first-order valence-corrected chi connectivity index (χ1v) is 15.0. The number of benzene rings is 1. The number of aliphatic hydroxyl groups excluding tert-OH is 2. The Morgan fingerprint density at radius 2 is 1.67 bits per heavy atom. The Balaban J connectivity index is 2.20. The van der Waals surface area contributed by atoms with Crippen molar-refractivity contribution < 1.29 is 24.6 Å². The minimum Gasteiger partial charge on any atom is -0.389 e. The van der Waals surface area contributed by atoms with Gasteiger partial charge in [0.1, 0.15) is 12.1 Å². The zero-order chi connectivity index (χ0) is 30.9. The summed E-state index contributed by atoms with van der Waals surface area (Å²) in [7, 11) is 3.49. The van der Waals surface area contributed by atoms with E-state index in [0.717, 1.165) is 37.7 Å². The molecule has 1 aliphatic rings. The van der Waals surface area contributed by atoms with E-state index < -0.39 is 42.0 Å². The fourth-order valence-corrected chi connectivity index (χ4v) is 5.40. The van der Waals surface area contributed by atoms with Gasteiger partial charge in [0.2, 0.25) is 17.7 Å².